The second-order valence-electron chi connectivity index (χ2n) is 7.62. The van der Waals surface area contributed by atoms with E-state index in [1.165, 1.54) is 0 Å². The lowest BCUT2D eigenvalue weighted by Crippen LogP contribution is -2.34. The second kappa shape index (κ2) is 10.8. The number of ether oxygens (including phenoxy) is 1. The maximum atomic E-state index is 12.2. The Morgan fingerprint density at radius 3 is 2.03 bits per heavy atom. The van der Waals surface area contributed by atoms with E-state index < -0.39 is 11.7 Å². The molecule has 3 N–H and O–H groups in total. The van der Waals surface area contributed by atoms with Crippen LogP contribution in [0.4, 0.5) is 16.2 Å². The van der Waals surface area contributed by atoms with Gasteiger partial charge in [0.05, 0.1) is 6.42 Å². The van der Waals surface area contributed by atoms with Gasteiger partial charge in [-0.3, -0.25) is 9.59 Å². The zero-order valence-corrected chi connectivity index (χ0v) is 18.8. The second-order valence-corrected chi connectivity index (χ2v) is 8.47. The Labute approximate surface area is 184 Å². The van der Waals surface area contributed by atoms with Crippen LogP contribution in [-0.2, 0) is 20.7 Å². The minimum Gasteiger partial charge on any atom is -0.444 e. The molecule has 0 unspecified atom stereocenters. The summed E-state index contributed by atoms with van der Waals surface area (Å²) in [4.78, 5) is 35.8. The minimum atomic E-state index is -0.582. The number of anilines is 2. The number of rotatable bonds is 7. The number of carbonyl (C=O) groups excluding carboxylic acids is 3. The van der Waals surface area contributed by atoms with Gasteiger partial charge in [-0.15, -0.1) is 0 Å². The molecule has 0 saturated carbocycles. The van der Waals surface area contributed by atoms with E-state index in [9.17, 15) is 14.4 Å². The summed E-state index contributed by atoms with van der Waals surface area (Å²) in [7, 11) is 0. The molecule has 0 bridgehead atoms. The topological polar surface area (TPSA) is 96.5 Å². The molecule has 0 saturated heterocycles. The Morgan fingerprint density at radius 1 is 0.900 bits per heavy atom. The van der Waals surface area contributed by atoms with E-state index in [2.05, 4.69) is 31.9 Å². The summed E-state index contributed by atoms with van der Waals surface area (Å²) < 4.78 is 6.00. The lowest BCUT2D eigenvalue weighted by Gasteiger charge is -2.19. The van der Waals surface area contributed by atoms with Gasteiger partial charge < -0.3 is 20.7 Å². The Balaban J connectivity index is 1.76. The number of carbonyl (C=O) groups is 3. The Kier molecular flexibility index (Phi) is 8.41. The van der Waals surface area contributed by atoms with E-state index in [4.69, 9.17) is 4.74 Å². The Hall–Kier alpha value is -2.87. The highest BCUT2D eigenvalue weighted by Gasteiger charge is 2.16. The fourth-order valence-electron chi connectivity index (χ4n) is 2.47. The third-order valence-electron chi connectivity index (χ3n) is 3.78. The van der Waals surface area contributed by atoms with Crippen LogP contribution in [0.25, 0.3) is 0 Å². The molecule has 2 aromatic carbocycles. The highest BCUT2D eigenvalue weighted by Crippen LogP contribution is 2.18. The first-order valence-corrected chi connectivity index (χ1v) is 10.3. The van der Waals surface area contributed by atoms with Crippen LogP contribution in [0.3, 0.4) is 0 Å². The molecule has 0 aliphatic heterocycles. The van der Waals surface area contributed by atoms with Gasteiger partial charge in [0.25, 0.3) is 0 Å². The summed E-state index contributed by atoms with van der Waals surface area (Å²) >= 11 is 3.43. The summed E-state index contributed by atoms with van der Waals surface area (Å²) in [6.45, 7) is 5.48. The number of hydrogen-bond acceptors (Lipinski definition) is 4. The molecule has 7 nitrogen and oxygen atoms in total. The van der Waals surface area contributed by atoms with Gasteiger partial charge in [0.15, 0.2) is 0 Å². The third-order valence-corrected chi connectivity index (χ3v) is 4.56. The lowest BCUT2D eigenvalue weighted by molar-refractivity contribution is -0.116. The summed E-state index contributed by atoms with van der Waals surface area (Å²) in [6, 6.07) is 14.4. The van der Waals surface area contributed by atoms with Crippen molar-refractivity contribution >= 4 is 45.2 Å². The van der Waals surface area contributed by atoms with Gasteiger partial charge >= 0.3 is 6.09 Å². The normalized spacial score (nSPS) is 10.8. The zero-order chi connectivity index (χ0) is 22.1. The molecular weight excluding hydrogens is 450 g/mol. The van der Waals surface area contributed by atoms with Crippen LogP contribution in [0, 0.1) is 0 Å². The van der Waals surface area contributed by atoms with E-state index in [0.29, 0.717) is 11.4 Å². The average Bonchev–Trinajstić information content (AvgIpc) is 2.64. The lowest BCUT2D eigenvalue weighted by atomic mass is 10.1. The number of halogens is 1. The molecule has 0 aliphatic rings. The van der Waals surface area contributed by atoms with Crippen molar-refractivity contribution in [3.05, 3.63) is 58.6 Å². The van der Waals surface area contributed by atoms with Gasteiger partial charge in [0.2, 0.25) is 11.8 Å². The quantitative estimate of drug-likeness (QED) is 0.549. The number of nitrogens with one attached hydrogen (secondary N) is 3. The highest BCUT2D eigenvalue weighted by atomic mass is 79.9. The van der Waals surface area contributed by atoms with Crippen molar-refractivity contribution in [2.75, 3.05) is 17.2 Å². The van der Waals surface area contributed by atoms with Crippen LogP contribution in [0.15, 0.2) is 53.0 Å². The van der Waals surface area contributed by atoms with Crippen LogP contribution >= 0.6 is 15.9 Å². The molecule has 8 heteroatoms. The molecular formula is C22H26BrN3O4. The average molecular weight is 476 g/mol. The number of benzene rings is 2. The van der Waals surface area contributed by atoms with Gasteiger partial charge in [-0.25, -0.2) is 4.79 Å². The largest absolute Gasteiger partial charge is 0.444 e. The fraction of sp³-hybridized carbons (Fsp3) is 0.318. The summed E-state index contributed by atoms with van der Waals surface area (Å²) in [5.74, 6) is -0.372. The van der Waals surface area contributed by atoms with E-state index in [0.717, 1.165) is 10.0 Å². The van der Waals surface area contributed by atoms with Gasteiger partial charge in [0.1, 0.15) is 5.60 Å². The zero-order valence-electron chi connectivity index (χ0n) is 17.3. The van der Waals surface area contributed by atoms with Crippen molar-refractivity contribution in [3.63, 3.8) is 0 Å². The molecule has 0 heterocycles. The van der Waals surface area contributed by atoms with E-state index >= 15 is 0 Å². The van der Waals surface area contributed by atoms with Crippen LogP contribution in [0.1, 0.15) is 32.8 Å². The van der Waals surface area contributed by atoms with Gasteiger partial charge in [-0.1, -0.05) is 34.1 Å². The number of alkyl carbamates (subject to hydrolysis) is 1. The van der Waals surface area contributed by atoms with Gasteiger partial charge in [-0.05, 0) is 56.7 Å². The molecule has 0 atom stereocenters. The van der Waals surface area contributed by atoms with Crippen LogP contribution in [0.5, 0.6) is 0 Å². The summed E-state index contributed by atoms with van der Waals surface area (Å²) in [5.41, 5.74) is 1.55. The van der Waals surface area contributed by atoms with Crippen molar-refractivity contribution in [2.45, 2.75) is 39.2 Å². The molecule has 0 radical (unpaired) electrons. The SMILES string of the molecule is CC(C)(C)OC(=O)NCCC(=O)Nc1ccc(NC(=O)Cc2ccccc2Br)cc1. The minimum absolute atomic E-state index is 0.115. The maximum absolute atomic E-state index is 12.2. The van der Waals surface area contributed by atoms with Crippen LogP contribution in [0.2, 0.25) is 0 Å². The summed E-state index contributed by atoms with van der Waals surface area (Å²) in [6.07, 6.45) is -0.188. The predicted octanol–water partition coefficient (Wildman–Crippen LogP) is 4.48. The maximum Gasteiger partial charge on any atom is 0.407 e. The molecule has 0 aliphatic carbocycles. The van der Waals surface area contributed by atoms with Crippen molar-refractivity contribution in [2.24, 2.45) is 0 Å². The van der Waals surface area contributed by atoms with Gasteiger partial charge in [-0.2, -0.15) is 0 Å². The van der Waals surface area contributed by atoms with Crippen molar-refractivity contribution in [3.8, 4) is 0 Å². The van der Waals surface area contributed by atoms with Crippen molar-refractivity contribution in [1.82, 2.24) is 5.32 Å². The fourth-order valence-corrected chi connectivity index (χ4v) is 2.90. The monoisotopic (exact) mass is 475 g/mol. The first-order chi connectivity index (χ1) is 14.1. The summed E-state index contributed by atoms with van der Waals surface area (Å²) in [5, 5.41) is 8.11. The molecule has 0 aromatic heterocycles. The molecule has 160 valence electrons. The molecule has 30 heavy (non-hydrogen) atoms. The number of amides is 3. The Morgan fingerprint density at radius 2 is 1.47 bits per heavy atom. The van der Waals surface area contributed by atoms with E-state index in [1.807, 2.05) is 24.3 Å². The first-order valence-electron chi connectivity index (χ1n) is 9.52. The highest BCUT2D eigenvalue weighted by molar-refractivity contribution is 9.10. The van der Waals surface area contributed by atoms with E-state index in [1.54, 1.807) is 45.0 Å². The van der Waals surface area contributed by atoms with Crippen LogP contribution in [-0.4, -0.2) is 30.1 Å². The number of hydrogen-bond donors (Lipinski definition) is 3. The third kappa shape index (κ3) is 8.65. The molecule has 0 fully saturated rings. The van der Waals surface area contributed by atoms with Gasteiger partial charge in [0, 0.05) is 28.8 Å². The smallest absolute Gasteiger partial charge is 0.407 e. The van der Waals surface area contributed by atoms with E-state index in [-0.39, 0.29) is 31.2 Å². The molecule has 3 amide bonds. The molecule has 2 rings (SSSR count). The molecule has 0 spiro atoms. The van der Waals surface area contributed by atoms with Crippen molar-refractivity contribution in [1.29, 1.82) is 0 Å². The molecule has 2 aromatic rings. The standard InChI is InChI=1S/C22H26BrN3O4/c1-22(2,3)30-21(29)24-13-12-19(27)25-16-8-10-17(11-9-16)26-20(28)14-15-6-4-5-7-18(15)23/h4-11H,12-14H2,1-3H3,(H,24,29)(H,25,27)(H,26,28). The first kappa shape index (κ1) is 23.4. The predicted molar refractivity (Wildman–Crippen MR) is 120 cm³/mol. The Bertz CT molecular complexity index is 892. The van der Waals surface area contributed by atoms with Crippen molar-refractivity contribution < 1.29 is 19.1 Å². The van der Waals surface area contributed by atoms with Crippen LogP contribution < -0.4 is 16.0 Å².